The smallest absolute Gasteiger partial charge is 0.316 e. The fourth-order valence-electron chi connectivity index (χ4n) is 3.77. The Bertz CT molecular complexity index is 903. The number of aliphatic hydroxyl groups is 1. The Balaban J connectivity index is 1.73. The second-order valence-electron chi connectivity index (χ2n) is 6.81. The van der Waals surface area contributed by atoms with Crippen LogP contribution in [0.3, 0.4) is 0 Å². The number of thioether (sulfide) groups is 1. The van der Waals surface area contributed by atoms with Gasteiger partial charge in [-0.3, -0.25) is 0 Å². The van der Waals surface area contributed by atoms with Crippen LogP contribution < -0.4 is 14.4 Å². The first-order chi connectivity index (χ1) is 13.6. The van der Waals surface area contributed by atoms with Crippen molar-refractivity contribution in [1.82, 2.24) is 0 Å². The maximum atomic E-state index is 14.8. The van der Waals surface area contributed by atoms with Gasteiger partial charge >= 0.3 is 5.17 Å². The van der Waals surface area contributed by atoms with Crippen molar-refractivity contribution in [2.75, 3.05) is 37.5 Å². The van der Waals surface area contributed by atoms with Crippen molar-refractivity contribution in [2.24, 2.45) is 0 Å². The molecule has 2 aliphatic rings. The molecule has 7 heteroatoms. The predicted molar refractivity (Wildman–Crippen MR) is 109 cm³/mol. The van der Waals surface area contributed by atoms with Gasteiger partial charge in [-0.05, 0) is 61.5 Å². The molecule has 0 aromatic heterocycles. The first-order valence-corrected chi connectivity index (χ1v) is 10.4. The van der Waals surface area contributed by atoms with E-state index in [1.54, 1.807) is 23.9 Å². The topological polar surface area (TPSA) is 44.9 Å². The minimum atomic E-state index is -1.43. The highest BCUT2D eigenvalue weighted by molar-refractivity contribution is 8.13. The quantitative estimate of drug-likeness (QED) is 0.776. The van der Waals surface area contributed by atoms with Gasteiger partial charge < -0.3 is 14.6 Å². The summed E-state index contributed by atoms with van der Waals surface area (Å²) >= 11 is 1.69. The lowest BCUT2D eigenvalue weighted by atomic mass is 10.0. The number of β-amino-alcohol motifs (C(OH)–C–C–N with tert-alkyl or cyclic N) is 1. The summed E-state index contributed by atoms with van der Waals surface area (Å²) < 4.78 is 27.4. The van der Waals surface area contributed by atoms with Crippen LogP contribution in [0.25, 0.3) is 0 Å². The van der Waals surface area contributed by atoms with Crippen molar-refractivity contribution in [3.63, 3.8) is 0 Å². The van der Waals surface area contributed by atoms with Gasteiger partial charge in [0.25, 0.3) is 5.72 Å². The Morgan fingerprint density at radius 2 is 1.96 bits per heavy atom. The van der Waals surface area contributed by atoms with Crippen molar-refractivity contribution in [1.29, 1.82) is 0 Å². The standard InChI is InChI=1S/C21H24FN2O3S/c1-3-27-16-7-5-15(6-8-16)23-14-21(25,24-11-4-12-28-20(23)24)18-10-9-17(26-2)13-19(18)22/h5-10,13,25H,3-4,11-12,14H2,1-2H3/q+1. The van der Waals surface area contributed by atoms with Crippen LogP contribution in [-0.4, -0.2) is 47.4 Å². The van der Waals surface area contributed by atoms with Crippen molar-refractivity contribution < 1.29 is 23.5 Å². The van der Waals surface area contributed by atoms with E-state index in [9.17, 15) is 9.50 Å². The molecule has 0 radical (unpaired) electrons. The van der Waals surface area contributed by atoms with Crippen LogP contribution >= 0.6 is 11.8 Å². The fourth-order valence-corrected chi connectivity index (χ4v) is 4.95. The second kappa shape index (κ2) is 7.64. The lowest BCUT2D eigenvalue weighted by molar-refractivity contribution is -0.657. The number of nitrogens with zero attached hydrogens (tertiary/aromatic N) is 2. The zero-order chi connectivity index (χ0) is 19.7. The van der Waals surface area contributed by atoms with Crippen LogP contribution in [0, 0.1) is 5.82 Å². The summed E-state index contributed by atoms with van der Waals surface area (Å²) in [4.78, 5) is 2.06. The Labute approximate surface area is 168 Å². The third kappa shape index (κ3) is 3.22. The molecule has 0 saturated carbocycles. The number of halogens is 1. The SMILES string of the molecule is CCOc1ccc(N2CC(O)(c3ccc(OC)cc3F)[N+]3=C2SCCC3)cc1. The van der Waals surface area contributed by atoms with Gasteiger partial charge in [-0.15, -0.1) is 0 Å². The van der Waals surface area contributed by atoms with Gasteiger partial charge in [-0.1, -0.05) is 0 Å². The minimum Gasteiger partial charge on any atom is -0.497 e. The minimum absolute atomic E-state index is 0.257. The Morgan fingerprint density at radius 3 is 2.64 bits per heavy atom. The molecule has 2 aromatic rings. The van der Waals surface area contributed by atoms with E-state index in [0.29, 0.717) is 18.9 Å². The molecule has 0 saturated heterocycles. The Kier molecular flexibility index (Phi) is 5.21. The number of hydrogen-bond donors (Lipinski definition) is 1. The van der Waals surface area contributed by atoms with Crippen LogP contribution in [0.2, 0.25) is 0 Å². The van der Waals surface area contributed by atoms with Crippen LogP contribution in [0.15, 0.2) is 42.5 Å². The molecular formula is C21H24FN2O3S+. The number of hydrogen-bond acceptors (Lipinski definition) is 5. The molecule has 0 fully saturated rings. The van der Waals surface area contributed by atoms with Gasteiger partial charge in [-0.2, -0.15) is 0 Å². The molecule has 0 amide bonds. The predicted octanol–water partition coefficient (Wildman–Crippen LogP) is 3.40. The average Bonchev–Trinajstić information content (AvgIpc) is 3.02. The summed E-state index contributed by atoms with van der Waals surface area (Å²) in [6, 6.07) is 12.4. The number of ether oxygens (including phenoxy) is 2. The molecule has 5 nitrogen and oxygen atoms in total. The molecule has 0 spiro atoms. The largest absolute Gasteiger partial charge is 0.497 e. The lowest BCUT2D eigenvalue weighted by Gasteiger charge is -2.24. The molecule has 1 N–H and O–H groups in total. The zero-order valence-electron chi connectivity index (χ0n) is 16.0. The molecular weight excluding hydrogens is 379 g/mol. The molecule has 1 unspecified atom stereocenters. The number of benzene rings is 2. The highest BCUT2D eigenvalue weighted by Crippen LogP contribution is 2.39. The molecule has 28 heavy (non-hydrogen) atoms. The number of amidine groups is 1. The van der Waals surface area contributed by atoms with E-state index in [0.717, 1.165) is 28.8 Å². The first kappa shape index (κ1) is 19.1. The van der Waals surface area contributed by atoms with Crippen LogP contribution in [-0.2, 0) is 5.72 Å². The van der Waals surface area contributed by atoms with Gasteiger partial charge in [-0.25, -0.2) is 13.9 Å². The number of anilines is 1. The van der Waals surface area contributed by atoms with E-state index in [4.69, 9.17) is 9.47 Å². The van der Waals surface area contributed by atoms with E-state index < -0.39 is 11.5 Å². The fraction of sp³-hybridized carbons (Fsp3) is 0.381. The van der Waals surface area contributed by atoms with Crippen molar-refractivity contribution >= 4 is 22.6 Å². The molecule has 0 aliphatic carbocycles. The third-order valence-electron chi connectivity index (χ3n) is 5.11. The molecule has 2 heterocycles. The van der Waals surface area contributed by atoms with Crippen LogP contribution in [0.5, 0.6) is 11.5 Å². The van der Waals surface area contributed by atoms with Gasteiger partial charge in [0.2, 0.25) is 0 Å². The first-order valence-electron chi connectivity index (χ1n) is 9.41. The third-order valence-corrected chi connectivity index (χ3v) is 6.30. The maximum absolute atomic E-state index is 14.8. The summed E-state index contributed by atoms with van der Waals surface area (Å²) in [7, 11) is 1.50. The van der Waals surface area contributed by atoms with Gasteiger partial charge in [0, 0.05) is 11.8 Å². The van der Waals surface area contributed by atoms with Gasteiger partial charge in [0.1, 0.15) is 23.0 Å². The summed E-state index contributed by atoms with van der Waals surface area (Å²) in [5.41, 5.74) is -0.220. The zero-order valence-corrected chi connectivity index (χ0v) is 16.8. The van der Waals surface area contributed by atoms with Crippen LogP contribution in [0.1, 0.15) is 18.9 Å². The highest BCUT2D eigenvalue weighted by atomic mass is 32.2. The average molecular weight is 403 g/mol. The molecule has 4 rings (SSSR count). The van der Waals surface area contributed by atoms with E-state index in [2.05, 4.69) is 4.90 Å². The summed E-state index contributed by atoms with van der Waals surface area (Å²) in [6.07, 6.45) is 0.936. The number of methoxy groups -OCH3 is 1. The van der Waals surface area contributed by atoms with E-state index >= 15 is 0 Å². The number of rotatable bonds is 5. The van der Waals surface area contributed by atoms with E-state index in [-0.39, 0.29) is 12.1 Å². The molecule has 2 aromatic carbocycles. The molecule has 1 atom stereocenters. The lowest BCUT2D eigenvalue weighted by Crippen LogP contribution is -2.42. The summed E-state index contributed by atoms with van der Waals surface area (Å²) in [6.45, 7) is 3.50. The van der Waals surface area contributed by atoms with Gasteiger partial charge in [0.15, 0.2) is 6.54 Å². The van der Waals surface area contributed by atoms with E-state index in [1.165, 1.54) is 13.2 Å². The second-order valence-corrected chi connectivity index (χ2v) is 7.87. The van der Waals surface area contributed by atoms with Crippen molar-refractivity contribution in [3.05, 3.63) is 53.8 Å². The van der Waals surface area contributed by atoms with Crippen LogP contribution in [0.4, 0.5) is 10.1 Å². The normalized spacial score (nSPS) is 21.6. The Hall–Kier alpha value is -2.25. The van der Waals surface area contributed by atoms with Crippen molar-refractivity contribution in [2.45, 2.75) is 19.1 Å². The monoisotopic (exact) mass is 403 g/mol. The highest BCUT2D eigenvalue weighted by Gasteiger charge is 2.54. The van der Waals surface area contributed by atoms with Gasteiger partial charge in [0.05, 0.1) is 25.8 Å². The van der Waals surface area contributed by atoms with E-state index in [1.807, 2.05) is 35.8 Å². The maximum Gasteiger partial charge on any atom is 0.316 e. The van der Waals surface area contributed by atoms with Crippen molar-refractivity contribution in [3.8, 4) is 11.5 Å². The molecule has 148 valence electrons. The summed E-state index contributed by atoms with van der Waals surface area (Å²) in [5.74, 6) is 1.74. The Morgan fingerprint density at radius 1 is 1.21 bits per heavy atom. The summed E-state index contributed by atoms with van der Waals surface area (Å²) in [5, 5.41) is 12.6. The molecule has 2 aliphatic heterocycles. The molecule has 0 bridgehead atoms.